The maximum Gasteiger partial charge on any atom is 0.342 e. The molecule has 4 rings (SSSR count). The first-order valence-corrected chi connectivity index (χ1v) is 11.4. The molecule has 1 aliphatic carbocycles. The van der Waals surface area contributed by atoms with Gasteiger partial charge in [0.2, 0.25) is 0 Å². The van der Waals surface area contributed by atoms with Crippen LogP contribution in [0.15, 0.2) is 0 Å². The van der Waals surface area contributed by atoms with E-state index in [1.807, 2.05) is 20.8 Å². The van der Waals surface area contributed by atoms with Crippen LogP contribution in [0.4, 0.5) is 0 Å². The van der Waals surface area contributed by atoms with Gasteiger partial charge < -0.3 is 29.5 Å². The van der Waals surface area contributed by atoms with Crippen LogP contribution in [0, 0.1) is 24.2 Å². The van der Waals surface area contributed by atoms with Crippen LogP contribution in [0.3, 0.4) is 0 Å². The molecule has 1 aromatic carbocycles. The van der Waals surface area contributed by atoms with E-state index in [1.54, 1.807) is 13.8 Å². The van der Waals surface area contributed by atoms with E-state index in [1.165, 1.54) is 7.11 Å². The second-order valence-electron chi connectivity index (χ2n) is 10.9. The monoisotopic (exact) mass is 462 g/mol. The van der Waals surface area contributed by atoms with Gasteiger partial charge in [0.05, 0.1) is 18.8 Å². The Balaban J connectivity index is 1.91. The molecule has 8 nitrogen and oxygen atoms in total. The number of aliphatic hydroxyl groups is 2. The predicted molar refractivity (Wildman–Crippen MR) is 118 cm³/mol. The third-order valence-corrected chi connectivity index (χ3v) is 8.25. The van der Waals surface area contributed by atoms with Gasteiger partial charge >= 0.3 is 11.9 Å². The van der Waals surface area contributed by atoms with Crippen LogP contribution in [0.25, 0.3) is 0 Å². The zero-order valence-corrected chi connectivity index (χ0v) is 20.2. The summed E-state index contributed by atoms with van der Waals surface area (Å²) in [6, 6.07) is 0. The summed E-state index contributed by atoms with van der Waals surface area (Å²) >= 11 is 0. The Kier molecular flexibility index (Phi) is 5.49. The minimum absolute atomic E-state index is 0.0953. The van der Waals surface area contributed by atoms with Crippen molar-refractivity contribution >= 4 is 11.9 Å². The van der Waals surface area contributed by atoms with E-state index in [-0.39, 0.29) is 25.4 Å². The molecular weight excluding hydrogens is 428 g/mol. The molecule has 2 heterocycles. The highest BCUT2D eigenvalue weighted by molar-refractivity contribution is 5.98. The van der Waals surface area contributed by atoms with Crippen molar-refractivity contribution < 1.29 is 39.1 Å². The molecule has 0 aromatic heterocycles. The van der Waals surface area contributed by atoms with Crippen molar-refractivity contribution in [2.75, 3.05) is 7.11 Å². The first-order valence-electron chi connectivity index (χ1n) is 11.4. The molecule has 0 unspecified atom stereocenters. The number of fused-ring (bicyclic) bond motifs is 3. The largest absolute Gasteiger partial charge is 0.495 e. The molecule has 1 fully saturated rings. The molecule has 3 N–H and O–H groups in total. The molecule has 5 atom stereocenters. The molecule has 0 radical (unpaired) electrons. The lowest BCUT2D eigenvalue weighted by molar-refractivity contribution is -0.213. The normalized spacial score (nSPS) is 32.8. The third kappa shape index (κ3) is 3.49. The van der Waals surface area contributed by atoms with Crippen LogP contribution in [-0.2, 0) is 22.6 Å². The average Bonchev–Trinajstić information content (AvgIpc) is 3.07. The Morgan fingerprint density at radius 2 is 1.94 bits per heavy atom. The topological polar surface area (TPSA) is 123 Å². The Bertz CT molecular complexity index is 1010. The number of carbonyl (C=O) groups is 2. The molecular formula is C25H34O8. The van der Waals surface area contributed by atoms with Crippen molar-refractivity contribution in [3.8, 4) is 11.5 Å². The van der Waals surface area contributed by atoms with Gasteiger partial charge in [-0.25, -0.2) is 4.79 Å². The van der Waals surface area contributed by atoms with Gasteiger partial charge in [-0.1, -0.05) is 6.92 Å². The lowest BCUT2D eigenvalue weighted by Gasteiger charge is -2.61. The third-order valence-electron chi connectivity index (χ3n) is 8.25. The van der Waals surface area contributed by atoms with E-state index < -0.39 is 40.6 Å². The summed E-state index contributed by atoms with van der Waals surface area (Å²) in [6.07, 6.45) is 0.0469. The Labute approximate surface area is 193 Å². The SMILES string of the molecule is COc1c2c(c(C)c3c1C(=O)OC3)O[C@]1(C)C[C@H](O)[C@H](C(C)(C)O)[C@@](C)(CCC(=O)O)[C@@H]1C2. The first kappa shape index (κ1) is 23.8. The zero-order valence-electron chi connectivity index (χ0n) is 20.2. The minimum Gasteiger partial charge on any atom is -0.495 e. The highest BCUT2D eigenvalue weighted by atomic mass is 16.5. The second-order valence-corrected chi connectivity index (χ2v) is 10.9. The molecule has 3 aliphatic rings. The fourth-order valence-electron chi connectivity index (χ4n) is 7.11. The van der Waals surface area contributed by atoms with Gasteiger partial charge in [-0.3, -0.25) is 4.79 Å². The number of rotatable bonds is 5. The maximum absolute atomic E-state index is 12.5. The number of benzene rings is 1. The number of ether oxygens (including phenoxy) is 3. The summed E-state index contributed by atoms with van der Waals surface area (Å²) < 4.78 is 17.6. The number of carboxylic acid groups (broad SMARTS) is 1. The van der Waals surface area contributed by atoms with Crippen molar-refractivity contribution in [2.24, 2.45) is 17.3 Å². The minimum atomic E-state index is -1.24. The summed E-state index contributed by atoms with van der Waals surface area (Å²) in [5.74, 6) is -1.10. The standard InChI is InChI=1S/C25H34O8/c1-12-14-11-32-22(29)18(14)20(31-6)13-9-16-24(4,8-7-17(27)28)21(23(2,3)30)15(26)10-25(16,5)33-19(12)13/h15-16,21,26,30H,7-11H2,1-6H3,(H,27,28)/t15-,16-,21+,24-,25+/m0/s1. The lowest BCUT2D eigenvalue weighted by Crippen LogP contribution is -2.66. The summed E-state index contributed by atoms with van der Waals surface area (Å²) in [4.78, 5) is 24.0. The Hall–Kier alpha value is -2.32. The van der Waals surface area contributed by atoms with Crippen molar-refractivity contribution in [3.63, 3.8) is 0 Å². The predicted octanol–water partition coefficient (Wildman–Crippen LogP) is 3.01. The van der Waals surface area contributed by atoms with Gasteiger partial charge in [0.15, 0.2) is 0 Å². The van der Waals surface area contributed by atoms with Crippen LogP contribution < -0.4 is 9.47 Å². The molecule has 33 heavy (non-hydrogen) atoms. The lowest BCUT2D eigenvalue weighted by atomic mass is 9.48. The van der Waals surface area contributed by atoms with Crippen molar-refractivity contribution in [3.05, 3.63) is 22.3 Å². The van der Waals surface area contributed by atoms with Crippen LogP contribution >= 0.6 is 0 Å². The van der Waals surface area contributed by atoms with Gasteiger partial charge in [0.25, 0.3) is 0 Å². The molecule has 2 aliphatic heterocycles. The van der Waals surface area contributed by atoms with Crippen LogP contribution in [0.2, 0.25) is 0 Å². The number of aliphatic carboxylic acids is 1. The number of hydrogen-bond acceptors (Lipinski definition) is 7. The fourth-order valence-corrected chi connectivity index (χ4v) is 7.11. The molecule has 0 saturated heterocycles. The van der Waals surface area contributed by atoms with Crippen LogP contribution in [0.5, 0.6) is 11.5 Å². The fraction of sp³-hybridized carbons (Fsp3) is 0.680. The van der Waals surface area contributed by atoms with E-state index in [2.05, 4.69) is 0 Å². The molecule has 0 amide bonds. The van der Waals surface area contributed by atoms with Gasteiger partial charge in [0.1, 0.15) is 29.3 Å². The number of carboxylic acids is 1. The van der Waals surface area contributed by atoms with Gasteiger partial charge in [-0.2, -0.15) is 0 Å². The summed E-state index contributed by atoms with van der Waals surface area (Å²) in [7, 11) is 1.51. The second kappa shape index (κ2) is 7.60. The van der Waals surface area contributed by atoms with Crippen molar-refractivity contribution in [1.29, 1.82) is 0 Å². The molecule has 0 spiro atoms. The van der Waals surface area contributed by atoms with Gasteiger partial charge in [-0.05, 0) is 51.5 Å². The van der Waals surface area contributed by atoms with Crippen LogP contribution in [0.1, 0.15) is 74.0 Å². The number of aliphatic hydroxyl groups excluding tert-OH is 1. The molecule has 1 saturated carbocycles. The van der Waals surface area contributed by atoms with E-state index in [4.69, 9.17) is 14.2 Å². The number of hydrogen-bond donors (Lipinski definition) is 3. The van der Waals surface area contributed by atoms with E-state index in [0.29, 0.717) is 29.9 Å². The first-order chi connectivity index (χ1) is 15.2. The highest BCUT2D eigenvalue weighted by Crippen LogP contribution is 2.61. The smallest absolute Gasteiger partial charge is 0.342 e. The van der Waals surface area contributed by atoms with E-state index in [9.17, 15) is 24.9 Å². The summed E-state index contributed by atoms with van der Waals surface area (Å²) in [6.45, 7) is 9.27. The average molecular weight is 463 g/mol. The maximum atomic E-state index is 12.5. The van der Waals surface area contributed by atoms with Crippen molar-refractivity contribution in [2.45, 2.75) is 84.2 Å². The van der Waals surface area contributed by atoms with Crippen LogP contribution in [-0.4, -0.2) is 51.7 Å². The molecule has 0 bridgehead atoms. The van der Waals surface area contributed by atoms with Crippen molar-refractivity contribution in [1.82, 2.24) is 0 Å². The molecule has 182 valence electrons. The molecule has 8 heteroatoms. The van der Waals surface area contributed by atoms with Gasteiger partial charge in [0, 0.05) is 35.8 Å². The summed E-state index contributed by atoms with van der Waals surface area (Å²) in [5, 5.41) is 31.8. The number of cyclic esters (lactones) is 1. The quantitative estimate of drug-likeness (QED) is 0.571. The highest BCUT2D eigenvalue weighted by Gasteiger charge is 2.63. The zero-order chi connectivity index (χ0) is 24.5. The number of methoxy groups -OCH3 is 1. The van der Waals surface area contributed by atoms with E-state index in [0.717, 1.165) is 16.7 Å². The Morgan fingerprint density at radius 1 is 1.27 bits per heavy atom. The number of carbonyl (C=O) groups excluding carboxylic acids is 1. The van der Waals surface area contributed by atoms with Gasteiger partial charge in [-0.15, -0.1) is 0 Å². The Morgan fingerprint density at radius 3 is 2.52 bits per heavy atom. The summed E-state index contributed by atoms with van der Waals surface area (Å²) in [5.41, 5.74) is -0.0651. The number of esters is 1. The van der Waals surface area contributed by atoms with E-state index >= 15 is 0 Å². The molecule has 1 aromatic rings.